The highest BCUT2D eigenvalue weighted by Gasteiger charge is 2.32. The summed E-state index contributed by atoms with van der Waals surface area (Å²) in [7, 11) is 3.43. The van der Waals surface area contributed by atoms with Crippen molar-refractivity contribution >= 4 is 29.2 Å². The summed E-state index contributed by atoms with van der Waals surface area (Å²) in [5.41, 5.74) is 1.29. The number of carbonyl (C=O) groups excluding carboxylic acids is 3. The van der Waals surface area contributed by atoms with Crippen LogP contribution >= 0.6 is 0 Å². The number of hydrogen-bond donors (Lipinski definition) is 3. The molecule has 11 heteroatoms. The molecule has 0 bridgehead atoms. The first-order valence-electron chi connectivity index (χ1n) is 17.4. The lowest BCUT2D eigenvalue weighted by atomic mass is 9.88. The second kappa shape index (κ2) is 18.1. The number of aliphatic hydroxyl groups excluding tert-OH is 1. The highest BCUT2D eigenvalue weighted by Crippen LogP contribution is 2.29. The van der Waals surface area contributed by atoms with Crippen molar-refractivity contribution in [2.75, 3.05) is 51.1 Å². The summed E-state index contributed by atoms with van der Waals surface area (Å²) in [5, 5.41) is 15.9. The molecular formula is C37H54N4O7. The second-order valence-corrected chi connectivity index (χ2v) is 13.4. The van der Waals surface area contributed by atoms with Crippen molar-refractivity contribution < 1.29 is 33.7 Å². The van der Waals surface area contributed by atoms with Crippen LogP contribution in [0.1, 0.15) is 82.5 Å². The van der Waals surface area contributed by atoms with Crippen molar-refractivity contribution in [2.24, 2.45) is 11.8 Å². The predicted molar refractivity (Wildman–Crippen MR) is 187 cm³/mol. The van der Waals surface area contributed by atoms with Crippen molar-refractivity contribution in [2.45, 2.75) is 90.4 Å². The Bertz CT molecular complexity index is 1350. The van der Waals surface area contributed by atoms with Crippen molar-refractivity contribution in [1.82, 2.24) is 9.80 Å². The van der Waals surface area contributed by atoms with Gasteiger partial charge in [-0.05, 0) is 88.4 Å². The molecule has 1 aliphatic heterocycles. The number of aliphatic hydroxyl groups is 1. The molecule has 48 heavy (non-hydrogen) atoms. The zero-order chi connectivity index (χ0) is 34.6. The van der Waals surface area contributed by atoms with Gasteiger partial charge < -0.3 is 39.8 Å². The number of fused-ring (bicyclic) bond motifs is 1. The van der Waals surface area contributed by atoms with Crippen LogP contribution in [0, 0.1) is 11.8 Å². The van der Waals surface area contributed by atoms with E-state index < -0.39 is 12.1 Å². The van der Waals surface area contributed by atoms with Crippen molar-refractivity contribution in [3.8, 4) is 11.5 Å². The monoisotopic (exact) mass is 666 g/mol. The zero-order valence-corrected chi connectivity index (χ0v) is 29.2. The number of rotatable bonds is 8. The Hall–Kier alpha value is -3.83. The van der Waals surface area contributed by atoms with E-state index >= 15 is 0 Å². The standard InChI is InChI=1S/C37H54N4O7/c1-25-22-41(26(2)24-42)36(44)32-21-30(39-37(45)38-29-14-17-31(46-5)18-15-29)16-19-33(32)48-27(3)11-9-10-20-47-34(25)23-40(4)35(43)28-12-7-6-8-13-28/h14-19,21,25-28,34,42H,6-13,20,22-24H2,1-5H3,(H2,38,39,45)/t25-,26-,27+,34-/m1/s1. The molecule has 0 aromatic heterocycles. The number of amides is 4. The molecule has 2 aliphatic rings. The van der Waals surface area contributed by atoms with Crippen LogP contribution in [-0.4, -0.2) is 91.5 Å². The first kappa shape index (κ1) is 37.0. The van der Waals surface area contributed by atoms with Gasteiger partial charge in [0.25, 0.3) is 5.91 Å². The first-order chi connectivity index (χ1) is 23.1. The largest absolute Gasteiger partial charge is 0.497 e. The number of nitrogens with zero attached hydrogens (tertiary/aromatic N) is 2. The Balaban J connectivity index is 1.57. The molecular weight excluding hydrogens is 612 g/mol. The summed E-state index contributed by atoms with van der Waals surface area (Å²) in [4.78, 5) is 44.1. The quantitative estimate of drug-likeness (QED) is 0.307. The van der Waals surface area contributed by atoms with Crippen LogP contribution in [0.25, 0.3) is 0 Å². The van der Waals surface area contributed by atoms with E-state index in [2.05, 4.69) is 10.6 Å². The average Bonchev–Trinajstić information content (AvgIpc) is 3.09. The van der Waals surface area contributed by atoms with E-state index in [1.807, 2.05) is 25.8 Å². The molecule has 1 fully saturated rings. The fraction of sp³-hybridized carbons (Fsp3) is 0.595. The second-order valence-electron chi connectivity index (χ2n) is 13.4. The Labute approximate surface area is 285 Å². The minimum absolute atomic E-state index is 0.0594. The van der Waals surface area contributed by atoms with Crippen molar-refractivity contribution in [3.63, 3.8) is 0 Å². The lowest BCUT2D eigenvalue weighted by Gasteiger charge is -2.36. The Kier molecular flexibility index (Phi) is 13.9. The summed E-state index contributed by atoms with van der Waals surface area (Å²) in [6.07, 6.45) is 7.23. The summed E-state index contributed by atoms with van der Waals surface area (Å²) in [6, 6.07) is 11.0. The summed E-state index contributed by atoms with van der Waals surface area (Å²) >= 11 is 0. The molecule has 1 aliphatic carbocycles. The van der Waals surface area contributed by atoms with Crippen LogP contribution in [0.3, 0.4) is 0 Å². The predicted octanol–water partition coefficient (Wildman–Crippen LogP) is 6.17. The third kappa shape index (κ3) is 10.3. The zero-order valence-electron chi connectivity index (χ0n) is 29.2. The molecule has 0 saturated heterocycles. The van der Waals surface area contributed by atoms with E-state index in [1.165, 1.54) is 6.42 Å². The van der Waals surface area contributed by atoms with Gasteiger partial charge >= 0.3 is 6.03 Å². The van der Waals surface area contributed by atoms with E-state index in [9.17, 15) is 19.5 Å². The number of carbonyl (C=O) groups is 3. The van der Waals surface area contributed by atoms with Crippen LogP contribution in [0.5, 0.6) is 11.5 Å². The molecule has 264 valence electrons. The molecule has 0 radical (unpaired) electrons. The number of likely N-dealkylation sites (N-methyl/N-ethyl adjacent to an activating group) is 1. The fourth-order valence-electron chi connectivity index (χ4n) is 6.45. The van der Waals surface area contributed by atoms with E-state index in [0.717, 1.165) is 44.9 Å². The van der Waals surface area contributed by atoms with Crippen LogP contribution in [-0.2, 0) is 9.53 Å². The Morgan fingerprint density at radius 2 is 1.67 bits per heavy atom. The van der Waals surface area contributed by atoms with E-state index in [0.29, 0.717) is 42.6 Å². The number of anilines is 2. The van der Waals surface area contributed by atoms with Gasteiger partial charge in [-0.25, -0.2) is 4.79 Å². The number of hydrogen-bond acceptors (Lipinski definition) is 7. The van der Waals surface area contributed by atoms with Gasteiger partial charge in [-0.2, -0.15) is 0 Å². The van der Waals surface area contributed by atoms with E-state index in [1.54, 1.807) is 61.4 Å². The third-order valence-electron chi connectivity index (χ3n) is 9.44. The SMILES string of the molecule is COc1ccc(NC(=O)Nc2ccc3c(c2)C(=O)N([C@H](C)CO)C[C@@H](C)[C@@H](CN(C)C(=O)C2CCCCC2)OCCCC[C@H](C)O3)cc1. The maximum Gasteiger partial charge on any atom is 0.323 e. The molecule has 0 spiro atoms. The maximum absolute atomic E-state index is 14.4. The number of urea groups is 1. The number of benzene rings is 2. The van der Waals surface area contributed by atoms with E-state index in [-0.39, 0.29) is 48.0 Å². The minimum atomic E-state index is -0.504. The van der Waals surface area contributed by atoms with Crippen LogP contribution in [0.2, 0.25) is 0 Å². The van der Waals surface area contributed by atoms with Gasteiger partial charge in [0.1, 0.15) is 11.5 Å². The molecule has 11 nitrogen and oxygen atoms in total. The van der Waals surface area contributed by atoms with Gasteiger partial charge in [0.2, 0.25) is 5.91 Å². The fourth-order valence-corrected chi connectivity index (χ4v) is 6.45. The van der Waals surface area contributed by atoms with Gasteiger partial charge in [0.15, 0.2) is 0 Å². The number of ether oxygens (including phenoxy) is 3. The Morgan fingerprint density at radius 3 is 2.35 bits per heavy atom. The van der Waals surface area contributed by atoms with Gasteiger partial charge in [-0.3, -0.25) is 9.59 Å². The van der Waals surface area contributed by atoms with Crippen LogP contribution in [0.4, 0.5) is 16.2 Å². The summed E-state index contributed by atoms with van der Waals surface area (Å²) in [5.74, 6) is 0.842. The minimum Gasteiger partial charge on any atom is -0.497 e. The number of nitrogens with one attached hydrogen (secondary N) is 2. The lowest BCUT2D eigenvalue weighted by Crippen LogP contribution is -2.48. The van der Waals surface area contributed by atoms with Crippen molar-refractivity contribution in [1.29, 1.82) is 0 Å². The van der Waals surface area contributed by atoms with Crippen molar-refractivity contribution in [3.05, 3.63) is 48.0 Å². The maximum atomic E-state index is 14.4. The molecule has 4 rings (SSSR count). The summed E-state index contributed by atoms with van der Waals surface area (Å²) in [6.45, 7) is 6.83. The number of methoxy groups -OCH3 is 1. The van der Waals surface area contributed by atoms with E-state index in [4.69, 9.17) is 14.2 Å². The summed E-state index contributed by atoms with van der Waals surface area (Å²) < 4.78 is 17.9. The third-order valence-corrected chi connectivity index (χ3v) is 9.44. The average molecular weight is 667 g/mol. The normalized spacial score (nSPS) is 22.0. The van der Waals surface area contributed by atoms with Gasteiger partial charge in [-0.1, -0.05) is 26.2 Å². The lowest BCUT2D eigenvalue weighted by molar-refractivity contribution is -0.137. The first-order valence-corrected chi connectivity index (χ1v) is 17.4. The highest BCUT2D eigenvalue weighted by molar-refractivity contribution is 6.02. The Morgan fingerprint density at radius 1 is 1.00 bits per heavy atom. The topological polar surface area (TPSA) is 130 Å². The highest BCUT2D eigenvalue weighted by atomic mass is 16.5. The molecule has 1 heterocycles. The molecule has 2 aromatic rings. The van der Waals surface area contributed by atoms with Gasteiger partial charge in [0.05, 0.1) is 37.5 Å². The van der Waals surface area contributed by atoms with Gasteiger partial charge in [0, 0.05) is 50.0 Å². The van der Waals surface area contributed by atoms with Gasteiger partial charge in [-0.15, -0.1) is 0 Å². The molecule has 4 amide bonds. The molecule has 3 N–H and O–H groups in total. The molecule has 2 aromatic carbocycles. The van der Waals surface area contributed by atoms with Crippen LogP contribution in [0.15, 0.2) is 42.5 Å². The molecule has 1 saturated carbocycles. The molecule has 0 unspecified atom stereocenters. The smallest absolute Gasteiger partial charge is 0.323 e. The molecule has 4 atom stereocenters. The van der Waals surface area contributed by atoms with Crippen LogP contribution < -0.4 is 20.1 Å².